The molecule has 2 N–H and O–H groups in total. The Kier molecular flexibility index (Phi) is 9.00. The molecule has 2 aliphatic heterocycles. The number of carbonyl (C=O) groups excluding carboxylic acids is 2. The van der Waals surface area contributed by atoms with E-state index in [0.717, 1.165) is 49.2 Å². The van der Waals surface area contributed by atoms with Crippen molar-refractivity contribution in [2.24, 2.45) is 0 Å². The van der Waals surface area contributed by atoms with E-state index in [-0.39, 0.29) is 24.1 Å². The van der Waals surface area contributed by atoms with E-state index in [0.29, 0.717) is 36.2 Å². The van der Waals surface area contributed by atoms with Crippen LogP contribution >= 0.6 is 0 Å². The highest BCUT2D eigenvalue weighted by atomic mass is 16.7. The van der Waals surface area contributed by atoms with Crippen LogP contribution in [0.5, 0.6) is 5.75 Å². The van der Waals surface area contributed by atoms with Crippen molar-refractivity contribution < 1.29 is 23.8 Å². The lowest BCUT2D eigenvalue weighted by molar-refractivity contribution is -0.106. The number of benzene rings is 1. The molecule has 3 atom stereocenters. The van der Waals surface area contributed by atoms with Crippen molar-refractivity contribution in [1.29, 1.82) is 0 Å². The van der Waals surface area contributed by atoms with Crippen LogP contribution in [0.1, 0.15) is 64.8 Å². The molecule has 0 spiro atoms. The van der Waals surface area contributed by atoms with Gasteiger partial charge in [-0.25, -0.2) is 4.98 Å². The Hall–Kier alpha value is -3.17. The molecule has 2 aromatic rings. The summed E-state index contributed by atoms with van der Waals surface area (Å²) in [5.41, 5.74) is 2.05. The van der Waals surface area contributed by atoms with Crippen molar-refractivity contribution in [2.75, 3.05) is 32.8 Å². The van der Waals surface area contributed by atoms with Crippen LogP contribution in [0.3, 0.4) is 0 Å². The zero-order valence-electron chi connectivity index (χ0n) is 22.2. The highest BCUT2D eigenvalue weighted by Gasteiger charge is 2.42. The number of carbonyl (C=O) groups is 2. The Bertz CT molecular complexity index is 1060. The number of ether oxygens (including phenoxy) is 3. The molecule has 2 saturated heterocycles. The zero-order chi connectivity index (χ0) is 26.4. The molecule has 9 nitrogen and oxygen atoms in total. The first-order chi connectivity index (χ1) is 17.9. The van der Waals surface area contributed by atoms with E-state index in [9.17, 15) is 9.59 Å². The van der Waals surface area contributed by atoms with Crippen LogP contribution in [0.2, 0.25) is 0 Å². The average Bonchev–Trinajstić information content (AvgIpc) is 3.18. The van der Waals surface area contributed by atoms with Crippen molar-refractivity contribution in [1.82, 2.24) is 15.6 Å². The number of anilines is 1. The van der Waals surface area contributed by atoms with E-state index in [1.54, 1.807) is 27.5 Å². The predicted molar refractivity (Wildman–Crippen MR) is 141 cm³/mol. The fourth-order valence-corrected chi connectivity index (χ4v) is 5.59. The first-order valence-corrected chi connectivity index (χ1v) is 13.0. The van der Waals surface area contributed by atoms with Gasteiger partial charge in [0.15, 0.2) is 6.29 Å². The summed E-state index contributed by atoms with van der Waals surface area (Å²) in [5, 5.41) is 6.18. The lowest BCUT2D eigenvalue weighted by atomic mass is 9.96. The topological polar surface area (TPSA) is 102 Å². The predicted octanol–water partition coefficient (Wildman–Crippen LogP) is 3.46. The van der Waals surface area contributed by atoms with Crippen LogP contribution in [0.25, 0.3) is 0 Å². The quantitative estimate of drug-likeness (QED) is 0.353. The van der Waals surface area contributed by atoms with Gasteiger partial charge in [-0.2, -0.15) is 0 Å². The number of pyridine rings is 1. The van der Waals surface area contributed by atoms with E-state index < -0.39 is 0 Å². The highest BCUT2D eigenvalue weighted by Crippen LogP contribution is 2.38. The average molecular weight is 511 g/mol. The molecule has 200 valence electrons. The van der Waals surface area contributed by atoms with E-state index >= 15 is 0 Å². The van der Waals surface area contributed by atoms with Gasteiger partial charge in [-0.15, -0.1) is 0 Å². The molecular formula is C28H38N4O5. The minimum atomic E-state index is -0.253. The molecule has 37 heavy (non-hydrogen) atoms. The monoisotopic (exact) mass is 510 g/mol. The van der Waals surface area contributed by atoms with Crippen molar-refractivity contribution >= 4 is 17.6 Å². The molecule has 2 amide bonds. The van der Waals surface area contributed by atoms with Gasteiger partial charge in [0.25, 0.3) is 11.8 Å². The Balaban J connectivity index is 1.31. The molecule has 4 rings (SSSR count). The van der Waals surface area contributed by atoms with Crippen LogP contribution in [-0.2, 0) is 9.47 Å². The van der Waals surface area contributed by atoms with E-state index in [1.165, 1.54) is 0 Å². The minimum Gasteiger partial charge on any atom is -0.496 e. The molecule has 2 bridgehead atoms. The smallest absolute Gasteiger partial charge is 0.252 e. The Morgan fingerprint density at radius 1 is 1.05 bits per heavy atom. The Labute approximate surface area is 218 Å². The van der Waals surface area contributed by atoms with E-state index in [4.69, 9.17) is 14.2 Å². The minimum absolute atomic E-state index is 0.0531. The number of methoxy groups -OCH3 is 3. The SMILES string of the molecule is COc1cccc(C(=O)N[C@H]2C[C@H]3CC[C@@H](C2)N3c2ccc(C(=O)NCCCC(OC)OC)cn2)c1C. The van der Waals surface area contributed by atoms with E-state index in [2.05, 4.69) is 20.5 Å². The highest BCUT2D eigenvalue weighted by molar-refractivity contribution is 5.96. The van der Waals surface area contributed by atoms with Gasteiger partial charge in [-0.3, -0.25) is 9.59 Å². The van der Waals surface area contributed by atoms with Gasteiger partial charge < -0.3 is 29.7 Å². The Morgan fingerprint density at radius 2 is 1.78 bits per heavy atom. The molecule has 2 fully saturated rings. The first-order valence-electron chi connectivity index (χ1n) is 13.0. The summed E-state index contributed by atoms with van der Waals surface area (Å²) in [4.78, 5) is 32.5. The summed E-state index contributed by atoms with van der Waals surface area (Å²) < 4.78 is 15.7. The second-order valence-corrected chi connectivity index (χ2v) is 9.77. The normalized spacial score (nSPS) is 20.7. The maximum Gasteiger partial charge on any atom is 0.252 e. The third-order valence-corrected chi connectivity index (χ3v) is 7.52. The summed E-state index contributed by atoms with van der Waals surface area (Å²) in [6.07, 6.45) is 6.76. The summed E-state index contributed by atoms with van der Waals surface area (Å²) >= 11 is 0. The molecule has 0 unspecified atom stereocenters. The maximum absolute atomic E-state index is 13.0. The molecule has 1 aromatic heterocycles. The van der Waals surface area contributed by atoms with E-state index in [1.807, 2.05) is 37.3 Å². The van der Waals surface area contributed by atoms with Gasteiger partial charge in [0.1, 0.15) is 11.6 Å². The number of nitrogens with zero attached hydrogens (tertiary/aromatic N) is 2. The molecule has 0 saturated carbocycles. The molecule has 9 heteroatoms. The second-order valence-electron chi connectivity index (χ2n) is 9.77. The van der Waals surface area contributed by atoms with Crippen LogP contribution in [-0.4, -0.2) is 69.1 Å². The summed E-state index contributed by atoms with van der Waals surface area (Å²) in [5.74, 6) is 1.42. The van der Waals surface area contributed by atoms with Gasteiger partial charge in [-0.05, 0) is 63.3 Å². The number of rotatable bonds is 11. The lowest BCUT2D eigenvalue weighted by Crippen LogP contribution is -2.50. The van der Waals surface area contributed by atoms with Gasteiger partial charge in [0.05, 0.1) is 12.7 Å². The molecule has 0 aliphatic carbocycles. The zero-order valence-corrected chi connectivity index (χ0v) is 22.2. The standard InChI is InChI=1S/C28H38N4O5/c1-18-23(7-5-8-24(18)35-2)28(34)31-20-15-21-11-12-22(16-20)32(21)25-13-10-19(17-30-25)27(33)29-14-6-9-26(36-3)37-4/h5,7-8,10,13,17,20-22,26H,6,9,11-12,14-16H2,1-4H3,(H,29,33)(H,31,34)/t20-,21+,22-. The third-order valence-electron chi connectivity index (χ3n) is 7.52. The lowest BCUT2D eigenvalue weighted by Gasteiger charge is -2.40. The van der Waals surface area contributed by atoms with Gasteiger partial charge in [-0.1, -0.05) is 6.07 Å². The van der Waals surface area contributed by atoms with Crippen molar-refractivity contribution in [3.8, 4) is 5.75 Å². The van der Waals surface area contributed by atoms with Crippen LogP contribution in [0, 0.1) is 6.92 Å². The van der Waals surface area contributed by atoms with Crippen molar-refractivity contribution in [3.05, 3.63) is 53.2 Å². The molecule has 0 radical (unpaired) electrons. The number of fused-ring (bicyclic) bond motifs is 2. The second kappa shape index (κ2) is 12.4. The van der Waals surface area contributed by atoms with Crippen LogP contribution in [0.15, 0.2) is 36.5 Å². The maximum atomic E-state index is 13.0. The molecule has 1 aromatic carbocycles. The number of nitrogens with one attached hydrogen (secondary N) is 2. The third kappa shape index (κ3) is 6.22. The first kappa shape index (κ1) is 26.9. The number of amides is 2. The summed E-state index contributed by atoms with van der Waals surface area (Å²) in [7, 11) is 4.83. The van der Waals surface area contributed by atoms with Gasteiger partial charge in [0, 0.05) is 62.6 Å². The fraction of sp³-hybridized carbons (Fsp3) is 0.536. The molecule has 2 aliphatic rings. The summed E-state index contributed by atoms with van der Waals surface area (Å²) in [6, 6.07) is 10.1. The van der Waals surface area contributed by atoms with Crippen molar-refractivity contribution in [2.45, 2.75) is 69.9 Å². The van der Waals surface area contributed by atoms with Gasteiger partial charge >= 0.3 is 0 Å². The molecule has 3 heterocycles. The van der Waals surface area contributed by atoms with Crippen molar-refractivity contribution in [3.63, 3.8) is 0 Å². The number of hydrogen-bond donors (Lipinski definition) is 2. The summed E-state index contributed by atoms with van der Waals surface area (Å²) in [6.45, 7) is 2.45. The Morgan fingerprint density at radius 3 is 2.41 bits per heavy atom. The number of piperidine rings is 1. The number of aromatic nitrogens is 1. The number of hydrogen-bond acceptors (Lipinski definition) is 7. The van der Waals surface area contributed by atoms with Gasteiger partial charge in [0.2, 0.25) is 0 Å². The van der Waals surface area contributed by atoms with Crippen LogP contribution in [0.4, 0.5) is 5.82 Å². The largest absolute Gasteiger partial charge is 0.496 e. The van der Waals surface area contributed by atoms with Crippen LogP contribution < -0.4 is 20.3 Å². The fourth-order valence-electron chi connectivity index (χ4n) is 5.59. The molecular weight excluding hydrogens is 472 g/mol.